The van der Waals surface area contributed by atoms with Gasteiger partial charge < -0.3 is 4.74 Å². The van der Waals surface area contributed by atoms with Gasteiger partial charge in [-0.15, -0.1) is 0 Å². The molecule has 0 amide bonds. The fourth-order valence-electron chi connectivity index (χ4n) is 1.81. The molecule has 3 N–H and O–H groups in total. The molecule has 1 unspecified atom stereocenters. The topological polar surface area (TPSA) is 65.1 Å². The predicted molar refractivity (Wildman–Crippen MR) is 69.3 cm³/mol. The second-order valence-corrected chi connectivity index (χ2v) is 4.86. The van der Waals surface area contributed by atoms with Crippen LogP contribution in [0.25, 0.3) is 0 Å². The Hall–Kier alpha value is -0.830. The first-order chi connectivity index (χ1) is 9.24. The van der Waals surface area contributed by atoms with Gasteiger partial charge in [0.2, 0.25) is 0 Å². The summed E-state index contributed by atoms with van der Waals surface area (Å²) in [5, 5.41) is 4.66. The van der Waals surface area contributed by atoms with Crippen molar-refractivity contribution < 1.29 is 17.9 Å². The minimum absolute atomic E-state index is 0.0364. The number of nitrogens with two attached hydrogens (primary N) is 1. The van der Waals surface area contributed by atoms with Gasteiger partial charge in [0.15, 0.2) is 0 Å². The Morgan fingerprint density at radius 3 is 2.60 bits per heavy atom. The molecule has 1 aromatic heterocycles. The van der Waals surface area contributed by atoms with Crippen molar-refractivity contribution in [1.82, 2.24) is 15.2 Å². The average Bonchev–Trinajstić information content (AvgIpc) is 2.57. The van der Waals surface area contributed by atoms with Gasteiger partial charge in [-0.25, -0.2) is 0 Å². The van der Waals surface area contributed by atoms with E-state index in [1.165, 1.54) is 0 Å². The van der Waals surface area contributed by atoms with E-state index >= 15 is 0 Å². The number of nitrogens with zero attached hydrogens (tertiary/aromatic N) is 2. The van der Waals surface area contributed by atoms with E-state index in [9.17, 15) is 13.2 Å². The van der Waals surface area contributed by atoms with E-state index < -0.39 is 12.8 Å². The maximum atomic E-state index is 11.9. The lowest BCUT2D eigenvalue weighted by Crippen LogP contribution is -2.38. The standard InChI is InChI=1S/C11H18ClF3N4O/c1-7-9(10(12)19(2)18-7)5-8(17-16)3-4-20-6-11(13,14)15/h8,17H,3-6,16H2,1-2H3. The minimum atomic E-state index is -4.31. The van der Waals surface area contributed by atoms with Crippen molar-refractivity contribution >= 4 is 11.6 Å². The summed E-state index contributed by atoms with van der Waals surface area (Å²) in [5.41, 5.74) is 4.15. The Labute approximate surface area is 120 Å². The molecule has 0 aliphatic carbocycles. The Morgan fingerprint density at radius 1 is 1.50 bits per heavy atom. The molecule has 0 aliphatic heterocycles. The summed E-state index contributed by atoms with van der Waals surface area (Å²) in [6.45, 7) is 0.525. The SMILES string of the molecule is Cc1nn(C)c(Cl)c1CC(CCOCC(F)(F)F)NN. The largest absolute Gasteiger partial charge is 0.411 e. The highest BCUT2D eigenvalue weighted by Gasteiger charge is 2.27. The molecule has 0 saturated carbocycles. The quantitative estimate of drug-likeness (QED) is 0.457. The van der Waals surface area contributed by atoms with Crippen LogP contribution in [-0.4, -0.2) is 35.2 Å². The molecule has 0 aliphatic rings. The summed E-state index contributed by atoms with van der Waals surface area (Å²) in [6.07, 6.45) is -3.49. The number of rotatable bonds is 7. The summed E-state index contributed by atoms with van der Waals surface area (Å²) in [7, 11) is 1.72. The molecule has 0 saturated heterocycles. The monoisotopic (exact) mass is 314 g/mol. The second-order valence-electron chi connectivity index (χ2n) is 4.50. The maximum absolute atomic E-state index is 11.9. The molecular formula is C11H18ClF3N4O. The molecule has 0 aromatic carbocycles. The fraction of sp³-hybridized carbons (Fsp3) is 0.727. The highest BCUT2D eigenvalue weighted by atomic mass is 35.5. The molecule has 116 valence electrons. The van der Waals surface area contributed by atoms with Crippen LogP contribution in [0.3, 0.4) is 0 Å². The highest BCUT2D eigenvalue weighted by Crippen LogP contribution is 2.21. The molecule has 0 radical (unpaired) electrons. The summed E-state index contributed by atoms with van der Waals surface area (Å²) in [4.78, 5) is 0. The van der Waals surface area contributed by atoms with Crippen LogP contribution in [0.15, 0.2) is 0 Å². The van der Waals surface area contributed by atoms with Gasteiger partial charge in [-0.05, 0) is 19.8 Å². The van der Waals surface area contributed by atoms with E-state index in [1.807, 2.05) is 6.92 Å². The molecule has 9 heteroatoms. The number of halogens is 4. The number of hydrogen-bond acceptors (Lipinski definition) is 4. The Kier molecular flexibility index (Phi) is 6.25. The third kappa shape index (κ3) is 5.28. The predicted octanol–water partition coefficient (Wildman–Crippen LogP) is 1.73. The van der Waals surface area contributed by atoms with Gasteiger partial charge in [0, 0.05) is 25.3 Å². The molecule has 1 aromatic rings. The summed E-state index contributed by atoms with van der Waals surface area (Å²) in [6, 6.07) is -0.233. The van der Waals surface area contributed by atoms with Gasteiger partial charge in [-0.3, -0.25) is 16.0 Å². The molecule has 1 heterocycles. The summed E-state index contributed by atoms with van der Waals surface area (Å²) < 4.78 is 41.9. The molecular weight excluding hydrogens is 297 g/mol. The lowest BCUT2D eigenvalue weighted by Gasteiger charge is -2.16. The smallest absolute Gasteiger partial charge is 0.372 e. The third-order valence-electron chi connectivity index (χ3n) is 2.83. The number of hydrogen-bond donors (Lipinski definition) is 2. The number of hydrazine groups is 1. The molecule has 20 heavy (non-hydrogen) atoms. The lowest BCUT2D eigenvalue weighted by atomic mass is 10.1. The molecule has 0 spiro atoms. The maximum Gasteiger partial charge on any atom is 0.411 e. The van der Waals surface area contributed by atoms with Crippen LogP contribution < -0.4 is 11.3 Å². The fourth-order valence-corrected chi connectivity index (χ4v) is 2.06. The van der Waals surface area contributed by atoms with Crippen LogP contribution in [0.2, 0.25) is 5.15 Å². The molecule has 1 rings (SSSR count). The van der Waals surface area contributed by atoms with Crippen LogP contribution in [-0.2, 0) is 18.2 Å². The van der Waals surface area contributed by atoms with E-state index in [4.69, 9.17) is 17.4 Å². The number of nitrogens with one attached hydrogen (secondary N) is 1. The van der Waals surface area contributed by atoms with Crippen molar-refractivity contribution in [3.8, 4) is 0 Å². The van der Waals surface area contributed by atoms with E-state index in [1.54, 1.807) is 11.7 Å². The zero-order valence-corrected chi connectivity index (χ0v) is 12.1. The minimum Gasteiger partial charge on any atom is -0.372 e. The summed E-state index contributed by atoms with van der Waals surface area (Å²) >= 11 is 6.09. The van der Waals surface area contributed by atoms with Crippen molar-refractivity contribution in [3.63, 3.8) is 0 Å². The Morgan fingerprint density at radius 2 is 2.15 bits per heavy atom. The molecule has 5 nitrogen and oxygen atoms in total. The molecule has 0 bridgehead atoms. The average molecular weight is 315 g/mol. The van der Waals surface area contributed by atoms with Crippen LogP contribution in [0.4, 0.5) is 13.2 Å². The molecule has 0 fully saturated rings. The molecule has 1 atom stereocenters. The number of aryl methyl sites for hydroxylation is 2. The number of alkyl halides is 3. The van der Waals surface area contributed by atoms with E-state index in [2.05, 4.69) is 15.3 Å². The van der Waals surface area contributed by atoms with E-state index in [-0.39, 0.29) is 12.6 Å². The first-order valence-corrected chi connectivity index (χ1v) is 6.41. The van der Waals surface area contributed by atoms with E-state index in [0.717, 1.165) is 11.3 Å². The first-order valence-electron chi connectivity index (χ1n) is 6.03. The summed E-state index contributed by atoms with van der Waals surface area (Å²) in [5.74, 6) is 5.40. The normalized spacial score (nSPS) is 13.8. The van der Waals surface area contributed by atoms with Crippen LogP contribution in [0.5, 0.6) is 0 Å². The van der Waals surface area contributed by atoms with Crippen molar-refractivity contribution in [2.75, 3.05) is 13.2 Å². The van der Waals surface area contributed by atoms with Crippen LogP contribution >= 0.6 is 11.6 Å². The van der Waals surface area contributed by atoms with Crippen molar-refractivity contribution in [3.05, 3.63) is 16.4 Å². The zero-order chi connectivity index (χ0) is 15.3. The highest BCUT2D eigenvalue weighted by molar-refractivity contribution is 6.30. The van der Waals surface area contributed by atoms with Gasteiger partial charge in [-0.2, -0.15) is 18.3 Å². The van der Waals surface area contributed by atoms with Crippen molar-refractivity contribution in [2.45, 2.75) is 32.0 Å². The van der Waals surface area contributed by atoms with Gasteiger partial charge in [0.05, 0.1) is 5.69 Å². The second kappa shape index (κ2) is 7.26. The zero-order valence-electron chi connectivity index (χ0n) is 11.3. The van der Waals surface area contributed by atoms with Crippen molar-refractivity contribution in [1.29, 1.82) is 0 Å². The van der Waals surface area contributed by atoms with Gasteiger partial charge in [0.1, 0.15) is 11.8 Å². The van der Waals surface area contributed by atoms with Gasteiger partial charge >= 0.3 is 6.18 Å². The Bertz CT molecular complexity index is 436. The lowest BCUT2D eigenvalue weighted by molar-refractivity contribution is -0.174. The number of ether oxygens (including phenoxy) is 1. The van der Waals surface area contributed by atoms with Crippen LogP contribution in [0.1, 0.15) is 17.7 Å². The Balaban J connectivity index is 2.47. The van der Waals surface area contributed by atoms with Gasteiger partial charge in [0.25, 0.3) is 0 Å². The van der Waals surface area contributed by atoms with E-state index in [0.29, 0.717) is 18.0 Å². The first kappa shape index (κ1) is 17.2. The van der Waals surface area contributed by atoms with Gasteiger partial charge in [-0.1, -0.05) is 11.6 Å². The third-order valence-corrected chi connectivity index (χ3v) is 3.31. The van der Waals surface area contributed by atoms with Crippen molar-refractivity contribution in [2.24, 2.45) is 12.9 Å². The van der Waals surface area contributed by atoms with Crippen LogP contribution in [0, 0.1) is 6.92 Å². The number of aromatic nitrogens is 2.